The summed E-state index contributed by atoms with van der Waals surface area (Å²) in [5, 5.41) is 14.9. The van der Waals surface area contributed by atoms with Gasteiger partial charge in [-0.25, -0.2) is 4.79 Å². The first kappa shape index (κ1) is 17.5. The number of rotatable bonds is 9. The van der Waals surface area contributed by atoms with E-state index in [2.05, 4.69) is 17.6 Å². The van der Waals surface area contributed by atoms with E-state index in [1.807, 2.05) is 0 Å². The standard InChI is InChI=1S/C15H21ClN2O3/c1-2-3-4-5-8-17-10-14(19)18-13-9-11(15(20)21)6-7-12(13)16/h6-7,9,17H,2-5,8,10H2,1H3,(H,18,19)(H,20,21). The quantitative estimate of drug-likeness (QED) is 0.612. The monoisotopic (exact) mass is 312 g/mol. The average Bonchev–Trinajstić information content (AvgIpc) is 2.44. The maximum atomic E-state index is 11.8. The molecule has 0 aliphatic carbocycles. The molecule has 0 aliphatic heterocycles. The van der Waals surface area contributed by atoms with Gasteiger partial charge in [0, 0.05) is 0 Å². The van der Waals surface area contributed by atoms with Crippen molar-refractivity contribution in [3.8, 4) is 0 Å². The van der Waals surface area contributed by atoms with Crippen LogP contribution in [0.5, 0.6) is 0 Å². The third kappa shape index (κ3) is 6.60. The number of amides is 1. The van der Waals surface area contributed by atoms with Crippen molar-refractivity contribution < 1.29 is 14.7 Å². The van der Waals surface area contributed by atoms with Gasteiger partial charge in [0.15, 0.2) is 0 Å². The summed E-state index contributed by atoms with van der Waals surface area (Å²) in [7, 11) is 0. The highest BCUT2D eigenvalue weighted by atomic mass is 35.5. The van der Waals surface area contributed by atoms with E-state index < -0.39 is 5.97 Å². The van der Waals surface area contributed by atoms with Crippen LogP contribution >= 0.6 is 11.6 Å². The zero-order chi connectivity index (χ0) is 15.7. The van der Waals surface area contributed by atoms with Crippen molar-refractivity contribution in [3.05, 3.63) is 28.8 Å². The summed E-state index contributed by atoms with van der Waals surface area (Å²) in [4.78, 5) is 22.6. The van der Waals surface area contributed by atoms with Crippen molar-refractivity contribution in [2.24, 2.45) is 0 Å². The number of halogens is 1. The van der Waals surface area contributed by atoms with E-state index in [-0.39, 0.29) is 18.0 Å². The van der Waals surface area contributed by atoms with Crippen LogP contribution in [0.4, 0.5) is 5.69 Å². The van der Waals surface area contributed by atoms with Crippen molar-refractivity contribution in [2.75, 3.05) is 18.4 Å². The molecule has 1 aromatic carbocycles. The first-order valence-corrected chi connectivity index (χ1v) is 7.45. The summed E-state index contributed by atoms with van der Waals surface area (Å²) < 4.78 is 0. The predicted octanol–water partition coefficient (Wildman–Crippen LogP) is 3.15. The molecule has 21 heavy (non-hydrogen) atoms. The molecule has 0 saturated carbocycles. The highest BCUT2D eigenvalue weighted by Gasteiger charge is 2.09. The topological polar surface area (TPSA) is 78.4 Å². The van der Waals surface area contributed by atoms with Gasteiger partial charge in [-0.05, 0) is 31.2 Å². The summed E-state index contributed by atoms with van der Waals surface area (Å²) in [6, 6.07) is 4.20. The van der Waals surface area contributed by atoms with Crippen molar-refractivity contribution in [1.29, 1.82) is 0 Å². The number of benzene rings is 1. The lowest BCUT2D eigenvalue weighted by molar-refractivity contribution is -0.115. The SMILES string of the molecule is CCCCCCNCC(=O)Nc1cc(C(=O)O)ccc1Cl. The minimum atomic E-state index is -1.06. The molecule has 0 heterocycles. The molecule has 0 fully saturated rings. The van der Waals surface area contributed by atoms with Crippen LogP contribution in [-0.2, 0) is 4.79 Å². The first-order chi connectivity index (χ1) is 10.0. The number of aromatic carboxylic acids is 1. The van der Waals surface area contributed by atoms with Gasteiger partial charge < -0.3 is 15.7 Å². The van der Waals surface area contributed by atoms with E-state index in [9.17, 15) is 9.59 Å². The molecule has 0 atom stereocenters. The van der Waals surface area contributed by atoms with E-state index in [0.717, 1.165) is 19.4 Å². The third-order valence-corrected chi connectivity index (χ3v) is 3.31. The average molecular weight is 313 g/mol. The molecule has 3 N–H and O–H groups in total. The molecule has 1 rings (SSSR count). The highest BCUT2D eigenvalue weighted by Crippen LogP contribution is 2.22. The molecule has 0 saturated heterocycles. The number of unbranched alkanes of at least 4 members (excludes halogenated alkanes) is 3. The number of carbonyl (C=O) groups excluding carboxylic acids is 1. The van der Waals surface area contributed by atoms with Crippen LogP contribution in [-0.4, -0.2) is 30.1 Å². The number of carboxylic acid groups (broad SMARTS) is 1. The molecule has 1 amide bonds. The molecular formula is C15H21ClN2O3. The van der Waals surface area contributed by atoms with E-state index >= 15 is 0 Å². The van der Waals surface area contributed by atoms with Crippen LogP contribution in [0, 0.1) is 0 Å². The Bertz CT molecular complexity index is 492. The van der Waals surface area contributed by atoms with Crippen LogP contribution in [0.25, 0.3) is 0 Å². The Hall–Kier alpha value is -1.59. The lowest BCUT2D eigenvalue weighted by atomic mass is 10.2. The van der Waals surface area contributed by atoms with Gasteiger partial charge in [-0.1, -0.05) is 37.8 Å². The number of hydrogen-bond acceptors (Lipinski definition) is 3. The molecule has 0 radical (unpaired) electrons. The summed E-state index contributed by atoms with van der Waals surface area (Å²) >= 11 is 5.94. The van der Waals surface area contributed by atoms with Crippen molar-refractivity contribution in [1.82, 2.24) is 5.32 Å². The summed E-state index contributed by atoms with van der Waals surface area (Å²) in [5.41, 5.74) is 0.400. The number of hydrogen-bond donors (Lipinski definition) is 3. The predicted molar refractivity (Wildman–Crippen MR) is 84.1 cm³/mol. The number of carbonyl (C=O) groups is 2. The fraction of sp³-hybridized carbons (Fsp3) is 0.467. The number of anilines is 1. The Labute approximate surface area is 129 Å². The molecule has 116 valence electrons. The number of nitrogens with one attached hydrogen (secondary N) is 2. The first-order valence-electron chi connectivity index (χ1n) is 7.08. The Morgan fingerprint density at radius 1 is 1.24 bits per heavy atom. The molecule has 0 aliphatic rings. The molecular weight excluding hydrogens is 292 g/mol. The normalized spacial score (nSPS) is 10.4. The van der Waals surface area contributed by atoms with Gasteiger partial charge in [-0.15, -0.1) is 0 Å². The van der Waals surface area contributed by atoms with Gasteiger partial charge in [0.1, 0.15) is 0 Å². The number of carboxylic acids is 1. The minimum Gasteiger partial charge on any atom is -0.478 e. The van der Waals surface area contributed by atoms with Crippen molar-refractivity contribution in [3.63, 3.8) is 0 Å². The van der Waals surface area contributed by atoms with Crippen LogP contribution < -0.4 is 10.6 Å². The Morgan fingerprint density at radius 2 is 2.00 bits per heavy atom. The second-order valence-electron chi connectivity index (χ2n) is 4.79. The smallest absolute Gasteiger partial charge is 0.335 e. The Kier molecular flexibility index (Phi) is 7.79. The van der Waals surface area contributed by atoms with Crippen LogP contribution in [0.1, 0.15) is 43.0 Å². The lowest BCUT2D eigenvalue weighted by Crippen LogP contribution is -2.28. The molecule has 0 bridgehead atoms. The van der Waals surface area contributed by atoms with Crippen LogP contribution in [0.15, 0.2) is 18.2 Å². The van der Waals surface area contributed by atoms with Crippen LogP contribution in [0.2, 0.25) is 5.02 Å². The third-order valence-electron chi connectivity index (χ3n) is 2.98. The van der Waals surface area contributed by atoms with E-state index in [4.69, 9.17) is 16.7 Å². The van der Waals surface area contributed by atoms with E-state index in [0.29, 0.717) is 10.7 Å². The lowest BCUT2D eigenvalue weighted by Gasteiger charge is -2.09. The summed E-state index contributed by atoms with van der Waals surface area (Å²) in [6.45, 7) is 3.12. The second kappa shape index (κ2) is 9.37. The highest BCUT2D eigenvalue weighted by molar-refractivity contribution is 6.33. The molecule has 0 spiro atoms. The second-order valence-corrected chi connectivity index (χ2v) is 5.19. The molecule has 6 heteroatoms. The van der Waals surface area contributed by atoms with Crippen LogP contribution in [0.3, 0.4) is 0 Å². The van der Waals surface area contributed by atoms with E-state index in [1.165, 1.54) is 31.0 Å². The fourth-order valence-electron chi connectivity index (χ4n) is 1.83. The minimum absolute atomic E-state index is 0.0854. The fourth-order valence-corrected chi connectivity index (χ4v) is 1.99. The maximum absolute atomic E-state index is 11.8. The maximum Gasteiger partial charge on any atom is 0.335 e. The largest absolute Gasteiger partial charge is 0.478 e. The Balaban J connectivity index is 2.40. The van der Waals surface area contributed by atoms with Gasteiger partial charge in [0.2, 0.25) is 5.91 Å². The Morgan fingerprint density at radius 3 is 2.67 bits per heavy atom. The van der Waals surface area contributed by atoms with Gasteiger partial charge >= 0.3 is 5.97 Å². The van der Waals surface area contributed by atoms with Gasteiger partial charge in [0.25, 0.3) is 0 Å². The molecule has 1 aromatic rings. The van der Waals surface area contributed by atoms with Gasteiger partial charge in [-0.3, -0.25) is 4.79 Å². The van der Waals surface area contributed by atoms with E-state index in [1.54, 1.807) is 0 Å². The zero-order valence-corrected chi connectivity index (χ0v) is 12.9. The molecule has 0 aromatic heterocycles. The van der Waals surface area contributed by atoms with Crippen molar-refractivity contribution in [2.45, 2.75) is 32.6 Å². The van der Waals surface area contributed by atoms with Gasteiger partial charge in [0.05, 0.1) is 22.8 Å². The summed E-state index contributed by atoms with van der Waals surface area (Å²) in [5.74, 6) is -1.30. The molecule has 0 unspecified atom stereocenters. The van der Waals surface area contributed by atoms with Gasteiger partial charge in [-0.2, -0.15) is 0 Å². The molecule has 5 nitrogen and oxygen atoms in total. The zero-order valence-electron chi connectivity index (χ0n) is 12.1. The van der Waals surface area contributed by atoms with Crippen molar-refractivity contribution >= 4 is 29.2 Å². The summed E-state index contributed by atoms with van der Waals surface area (Å²) in [6.07, 6.45) is 4.57.